The Morgan fingerprint density at radius 1 is 1.19 bits per heavy atom. The highest BCUT2D eigenvalue weighted by Gasteiger charge is 2.38. The monoisotopic (exact) mass is 210 g/mol. The molecular weight excluding hydrogens is 192 g/mol. The van der Waals surface area contributed by atoms with Crippen LogP contribution in [0.25, 0.3) is 5.57 Å². The Hall–Kier alpha value is -1.30. The zero-order chi connectivity index (χ0) is 11.3. The van der Waals surface area contributed by atoms with Crippen molar-refractivity contribution in [3.8, 4) is 0 Å². The molecule has 1 unspecified atom stereocenters. The molecule has 1 aromatic carbocycles. The molecular formula is C16H18. The van der Waals surface area contributed by atoms with E-state index >= 15 is 0 Å². The molecule has 0 saturated heterocycles. The van der Waals surface area contributed by atoms with Gasteiger partial charge in [0, 0.05) is 5.41 Å². The van der Waals surface area contributed by atoms with Crippen LogP contribution in [-0.4, -0.2) is 0 Å². The van der Waals surface area contributed by atoms with Crippen molar-refractivity contribution in [2.24, 2.45) is 5.92 Å². The number of benzene rings is 1. The lowest BCUT2D eigenvalue weighted by molar-refractivity contribution is 0.643. The third kappa shape index (κ3) is 1.10. The van der Waals surface area contributed by atoms with Crippen LogP contribution in [0.2, 0.25) is 0 Å². The van der Waals surface area contributed by atoms with Gasteiger partial charge in [-0.1, -0.05) is 57.2 Å². The standard InChI is InChI=1S/C16H18/c1-11-7-6-10-14-15(11)12-8-4-5-9-13(12)16(14,2)3/h4-6,8-11H,7H2,1-3H3. The van der Waals surface area contributed by atoms with Gasteiger partial charge in [0.05, 0.1) is 0 Å². The average molecular weight is 210 g/mol. The molecule has 0 aliphatic heterocycles. The Morgan fingerprint density at radius 2 is 1.94 bits per heavy atom. The van der Waals surface area contributed by atoms with Gasteiger partial charge >= 0.3 is 0 Å². The van der Waals surface area contributed by atoms with E-state index in [-0.39, 0.29) is 5.41 Å². The second-order valence-electron chi connectivity index (χ2n) is 5.54. The molecule has 16 heavy (non-hydrogen) atoms. The maximum absolute atomic E-state index is 2.34. The SMILES string of the molecule is CC1CC=CC2=C1c1ccccc1C2(C)C. The number of rotatable bonds is 0. The minimum absolute atomic E-state index is 0.192. The molecule has 0 saturated carbocycles. The van der Waals surface area contributed by atoms with Crippen molar-refractivity contribution >= 4 is 5.57 Å². The first-order chi connectivity index (χ1) is 7.62. The quantitative estimate of drug-likeness (QED) is 0.598. The molecule has 3 rings (SSSR count). The predicted octanol–water partition coefficient (Wildman–Crippen LogP) is 4.33. The Bertz CT molecular complexity index is 501. The molecule has 0 amide bonds. The average Bonchev–Trinajstić information content (AvgIpc) is 2.51. The molecule has 0 nitrogen and oxygen atoms in total. The molecule has 0 radical (unpaired) electrons. The van der Waals surface area contributed by atoms with Gasteiger partial charge < -0.3 is 0 Å². The summed E-state index contributed by atoms with van der Waals surface area (Å²) in [6.45, 7) is 7.03. The zero-order valence-corrected chi connectivity index (χ0v) is 10.2. The molecule has 0 heterocycles. The topological polar surface area (TPSA) is 0 Å². The van der Waals surface area contributed by atoms with Crippen LogP contribution in [0.4, 0.5) is 0 Å². The third-order valence-electron chi connectivity index (χ3n) is 4.12. The highest BCUT2D eigenvalue weighted by molar-refractivity contribution is 5.84. The lowest BCUT2D eigenvalue weighted by atomic mass is 9.79. The van der Waals surface area contributed by atoms with Crippen molar-refractivity contribution in [1.82, 2.24) is 0 Å². The van der Waals surface area contributed by atoms with Crippen molar-refractivity contribution in [3.05, 3.63) is 53.1 Å². The summed E-state index contributed by atoms with van der Waals surface area (Å²) in [6, 6.07) is 8.90. The lowest BCUT2D eigenvalue weighted by Crippen LogP contribution is -2.17. The summed E-state index contributed by atoms with van der Waals surface area (Å²) in [4.78, 5) is 0. The Morgan fingerprint density at radius 3 is 2.75 bits per heavy atom. The highest BCUT2D eigenvalue weighted by Crippen LogP contribution is 2.51. The van der Waals surface area contributed by atoms with Crippen LogP contribution in [0, 0.1) is 5.92 Å². The Balaban J connectivity index is 2.31. The summed E-state index contributed by atoms with van der Waals surface area (Å²) in [7, 11) is 0. The van der Waals surface area contributed by atoms with Gasteiger partial charge in [0.2, 0.25) is 0 Å². The molecule has 0 fully saturated rings. The first-order valence-corrected chi connectivity index (χ1v) is 6.13. The first kappa shape index (κ1) is 9.89. The normalized spacial score (nSPS) is 25.6. The van der Waals surface area contributed by atoms with Crippen molar-refractivity contribution in [2.75, 3.05) is 0 Å². The third-order valence-corrected chi connectivity index (χ3v) is 4.12. The number of fused-ring (bicyclic) bond motifs is 2. The Labute approximate surface area is 97.7 Å². The van der Waals surface area contributed by atoms with Crippen LogP contribution >= 0.6 is 0 Å². The van der Waals surface area contributed by atoms with Crippen molar-refractivity contribution in [3.63, 3.8) is 0 Å². The summed E-state index contributed by atoms with van der Waals surface area (Å²) in [5.74, 6) is 0.669. The maximum atomic E-state index is 2.34. The van der Waals surface area contributed by atoms with E-state index in [1.54, 1.807) is 5.57 Å². The van der Waals surface area contributed by atoms with E-state index in [2.05, 4.69) is 57.2 Å². The highest BCUT2D eigenvalue weighted by atomic mass is 14.4. The van der Waals surface area contributed by atoms with E-state index in [4.69, 9.17) is 0 Å². The fraction of sp³-hybridized carbons (Fsp3) is 0.375. The maximum Gasteiger partial charge on any atom is 0.0155 e. The van der Waals surface area contributed by atoms with Crippen LogP contribution < -0.4 is 0 Å². The second kappa shape index (κ2) is 3.10. The summed E-state index contributed by atoms with van der Waals surface area (Å²) >= 11 is 0. The fourth-order valence-corrected chi connectivity index (χ4v) is 3.23. The van der Waals surface area contributed by atoms with E-state index in [0.717, 1.165) is 0 Å². The fourth-order valence-electron chi connectivity index (χ4n) is 3.23. The molecule has 0 spiro atoms. The molecule has 0 heteroatoms. The van der Waals surface area contributed by atoms with Crippen LogP contribution in [0.5, 0.6) is 0 Å². The summed E-state index contributed by atoms with van der Waals surface area (Å²) in [6.07, 6.45) is 5.86. The van der Waals surface area contributed by atoms with Gasteiger partial charge in [0.25, 0.3) is 0 Å². The van der Waals surface area contributed by atoms with Gasteiger partial charge in [-0.15, -0.1) is 0 Å². The van der Waals surface area contributed by atoms with Crippen molar-refractivity contribution in [1.29, 1.82) is 0 Å². The summed E-state index contributed by atoms with van der Waals surface area (Å²) in [5, 5.41) is 0. The largest absolute Gasteiger partial charge is 0.0836 e. The number of allylic oxidation sites excluding steroid dienone is 4. The molecule has 0 aromatic heterocycles. The molecule has 1 atom stereocenters. The summed E-state index contributed by atoms with van der Waals surface area (Å²) < 4.78 is 0. The van der Waals surface area contributed by atoms with Crippen LogP contribution in [0.1, 0.15) is 38.3 Å². The summed E-state index contributed by atoms with van der Waals surface area (Å²) in [5.41, 5.74) is 6.30. The van der Waals surface area contributed by atoms with E-state index in [0.29, 0.717) is 5.92 Å². The van der Waals surface area contributed by atoms with Crippen molar-refractivity contribution < 1.29 is 0 Å². The van der Waals surface area contributed by atoms with E-state index in [1.807, 2.05) is 0 Å². The van der Waals surface area contributed by atoms with Gasteiger partial charge in [0.15, 0.2) is 0 Å². The molecule has 82 valence electrons. The van der Waals surface area contributed by atoms with E-state index < -0.39 is 0 Å². The minimum Gasteiger partial charge on any atom is -0.0836 e. The first-order valence-electron chi connectivity index (χ1n) is 6.13. The van der Waals surface area contributed by atoms with Crippen molar-refractivity contribution in [2.45, 2.75) is 32.6 Å². The smallest absolute Gasteiger partial charge is 0.0155 e. The minimum atomic E-state index is 0.192. The number of hydrogen-bond acceptors (Lipinski definition) is 0. The van der Waals surface area contributed by atoms with Gasteiger partial charge in [-0.3, -0.25) is 0 Å². The predicted molar refractivity (Wildman–Crippen MR) is 69.3 cm³/mol. The van der Waals surface area contributed by atoms with Gasteiger partial charge in [-0.2, -0.15) is 0 Å². The molecule has 0 bridgehead atoms. The number of hydrogen-bond donors (Lipinski definition) is 0. The van der Waals surface area contributed by atoms with Gasteiger partial charge in [0.1, 0.15) is 0 Å². The second-order valence-corrected chi connectivity index (χ2v) is 5.54. The molecule has 2 aliphatic carbocycles. The van der Waals surface area contributed by atoms with Crippen LogP contribution in [0.3, 0.4) is 0 Å². The van der Waals surface area contributed by atoms with Crippen LogP contribution in [0.15, 0.2) is 42.0 Å². The molecule has 0 N–H and O–H groups in total. The zero-order valence-electron chi connectivity index (χ0n) is 10.2. The lowest BCUT2D eigenvalue weighted by Gasteiger charge is -2.25. The van der Waals surface area contributed by atoms with Crippen LogP contribution in [-0.2, 0) is 5.41 Å². The molecule has 1 aromatic rings. The van der Waals surface area contributed by atoms with Gasteiger partial charge in [-0.25, -0.2) is 0 Å². The Kier molecular flexibility index (Phi) is 1.92. The van der Waals surface area contributed by atoms with E-state index in [1.165, 1.54) is 23.1 Å². The molecule has 2 aliphatic rings. The van der Waals surface area contributed by atoms with E-state index in [9.17, 15) is 0 Å². The van der Waals surface area contributed by atoms with Gasteiger partial charge in [-0.05, 0) is 34.6 Å².